The molecule has 6 heteroatoms. The Morgan fingerprint density at radius 3 is 2.65 bits per heavy atom. The second kappa shape index (κ2) is 9.53. The molecule has 0 bridgehead atoms. The van der Waals surface area contributed by atoms with E-state index in [1.54, 1.807) is 0 Å². The van der Waals surface area contributed by atoms with E-state index in [0.29, 0.717) is 6.42 Å². The van der Waals surface area contributed by atoms with Crippen molar-refractivity contribution < 1.29 is 14.7 Å². The number of rotatable bonds is 7. The first-order chi connectivity index (χ1) is 10.6. The van der Waals surface area contributed by atoms with Gasteiger partial charge in [0.2, 0.25) is 5.91 Å². The smallest absolute Gasteiger partial charge is 0.326 e. The summed E-state index contributed by atoms with van der Waals surface area (Å²) in [6.45, 7) is 3.52. The monoisotopic (exact) mass is 340 g/mol. The van der Waals surface area contributed by atoms with Gasteiger partial charge in [-0.05, 0) is 31.4 Å². The molecule has 2 N–H and O–H groups in total. The van der Waals surface area contributed by atoms with Crippen LogP contribution in [0.4, 0.5) is 0 Å². The molecular weight excluding hydrogens is 316 g/mol. The summed E-state index contributed by atoms with van der Waals surface area (Å²) >= 11 is 0. The van der Waals surface area contributed by atoms with E-state index in [4.69, 9.17) is 5.11 Å². The van der Waals surface area contributed by atoms with Crippen LogP contribution in [0.3, 0.4) is 0 Å². The summed E-state index contributed by atoms with van der Waals surface area (Å²) in [5, 5.41) is 11.9. The van der Waals surface area contributed by atoms with Crippen LogP contribution >= 0.6 is 12.4 Å². The number of carboxylic acids is 1. The van der Waals surface area contributed by atoms with E-state index in [-0.39, 0.29) is 24.4 Å². The highest BCUT2D eigenvalue weighted by Gasteiger charge is 2.32. The van der Waals surface area contributed by atoms with Crippen molar-refractivity contribution in [2.24, 2.45) is 0 Å². The third kappa shape index (κ3) is 5.52. The predicted molar refractivity (Wildman–Crippen MR) is 91.6 cm³/mol. The Morgan fingerprint density at radius 2 is 2.04 bits per heavy atom. The number of carbonyl (C=O) groups excluding carboxylic acids is 1. The topological polar surface area (TPSA) is 69.6 Å². The summed E-state index contributed by atoms with van der Waals surface area (Å²) < 4.78 is 0. The molecule has 1 fully saturated rings. The second-order valence-corrected chi connectivity index (χ2v) is 5.80. The van der Waals surface area contributed by atoms with Gasteiger partial charge in [0.25, 0.3) is 0 Å². The molecule has 1 saturated heterocycles. The minimum Gasteiger partial charge on any atom is -0.480 e. The summed E-state index contributed by atoms with van der Waals surface area (Å²) in [5.41, 5.74) is 1.17. The Morgan fingerprint density at radius 1 is 1.35 bits per heavy atom. The number of hydrogen-bond donors (Lipinski definition) is 2. The lowest BCUT2D eigenvalue weighted by Gasteiger charge is -2.25. The predicted octanol–water partition coefficient (Wildman–Crippen LogP) is 2.44. The maximum atomic E-state index is 12.4. The summed E-state index contributed by atoms with van der Waals surface area (Å²) in [7, 11) is 0. The van der Waals surface area contributed by atoms with Crippen LogP contribution in [0.5, 0.6) is 0 Å². The van der Waals surface area contributed by atoms with Gasteiger partial charge in [0.15, 0.2) is 0 Å². The van der Waals surface area contributed by atoms with Crippen LogP contribution in [0, 0.1) is 0 Å². The number of nitrogens with zero attached hydrogens (tertiary/aromatic N) is 1. The number of amides is 1. The fourth-order valence-electron chi connectivity index (χ4n) is 2.94. The molecule has 0 saturated carbocycles. The first-order valence-corrected chi connectivity index (χ1v) is 7.93. The first kappa shape index (κ1) is 19.5. The van der Waals surface area contributed by atoms with Gasteiger partial charge in [0.05, 0.1) is 6.04 Å². The average Bonchev–Trinajstić information content (AvgIpc) is 2.96. The second-order valence-electron chi connectivity index (χ2n) is 5.80. The molecule has 1 aliphatic heterocycles. The molecule has 5 nitrogen and oxygen atoms in total. The molecule has 1 heterocycles. The Bertz CT molecular complexity index is 510. The molecule has 1 aliphatic rings. The fourth-order valence-corrected chi connectivity index (χ4v) is 2.94. The van der Waals surface area contributed by atoms with Gasteiger partial charge in [-0.15, -0.1) is 12.4 Å². The lowest BCUT2D eigenvalue weighted by molar-refractivity contribution is -0.142. The van der Waals surface area contributed by atoms with Crippen molar-refractivity contribution in [1.29, 1.82) is 0 Å². The first-order valence-electron chi connectivity index (χ1n) is 7.93. The van der Waals surface area contributed by atoms with E-state index in [0.717, 1.165) is 32.4 Å². The maximum absolute atomic E-state index is 12.4. The van der Waals surface area contributed by atoms with Crippen LogP contribution < -0.4 is 5.32 Å². The Labute approximate surface area is 143 Å². The molecule has 1 amide bonds. The van der Waals surface area contributed by atoms with Gasteiger partial charge >= 0.3 is 5.97 Å². The third-order valence-electron chi connectivity index (χ3n) is 4.09. The average molecular weight is 341 g/mol. The number of aliphatic carboxylic acids is 1. The lowest BCUT2D eigenvalue weighted by Crippen LogP contribution is -2.49. The minimum absolute atomic E-state index is 0. The number of halogens is 1. The van der Waals surface area contributed by atoms with Crippen LogP contribution in [-0.2, 0) is 16.1 Å². The van der Waals surface area contributed by atoms with Crippen LogP contribution in [-0.4, -0.2) is 40.5 Å². The number of carboxylic acid groups (broad SMARTS) is 1. The van der Waals surface area contributed by atoms with E-state index >= 15 is 0 Å². The molecule has 2 atom stereocenters. The number of likely N-dealkylation sites (tertiary alicyclic amines) is 1. The zero-order valence-corrected chi connectivity index (χ0v) is 14.2. The maximum Gasteiger partial charge on any atom is 0.326 e. The summed E-state index contributed by atoms with van der Waals surface area (Å²) in [6.07, 6.45) is 2.95. The third-order valence-corrected chi connectivity index (χ3v) is 4.09. The molecule has 0 spiro atoms. The highest BCUT2D eigenvalue weighted by atomic mass is 35.5. The number of benzene rings is 1. The number of carbonyl (C=O) groups is 2. The van der Waals surface area contributed by atoms with Crippen LogP contribution in [0.15, 0.2) is 30.3 Å². The SMILES string of the molecule is CCCC(NC(=O)C1CCCN1Cc1ccccc1)C(=O)O.Cl. The van der Waals surface area contributed by atoms with Gasteiger partial charge in [-0.2, -0.15) is 0 Å². The molecule has 23 heavy (non-hydrogen) atoms. The van der Waals surface area contributed by atoms with Crippen molar-refractivity contribution in [2.75, 3.05) is 6.54 Å². The van der Waals surface area contributed by atoms with Crippen molar-refractivity contribution in [3.63, 3.8) is 0 Å². The van der Waals surface area contributed by atoms with Gasteiger partial charge in [0.1, 0.15) is 6.04 Å². The van der Waals surface area contributed by atoms with E-state index in [1.807, 2.05) is 37.3 Å². The van der Waals surface area contributed by atoms with Crippen molar-refractivity contribution in [1.82, 2.24) is 10.2 Å². The molecule has 2 rings (SSSR count). The summed E-state index contributed by atoms with van der Waals surface area (Å²) in [4.78, 5) is 25.7. The van der Waals surface area contributed by atoms with Crippen molar-refractivity contribution >= 4 is 24.3 Å². The summed E-state index contributed by atoms with van der Waals surface area (Å²) in [5.74, 6) is -1.11. The molecule has 2 unspecified atom stereocenters. The van der Waals surface area contributed by atoms with Gasteiger partial charge in [-0.3, -0.25) is 9.69 Å². The normalized spacial score (nSPS) is 18.9. The largest absolute Gasteiger partial charge is 0.480 e. The van der Waals surface area contributed by atoms with E-state index in [1.165, 1.54) is 5.56 Å². The van der Waals surface area contributed by atoms with Gasteiger partial charge in [-0.25, -0.2) is 4.79 Å². The quantitative estimate of drug-likeness (QED) is 0.800. The molecular formula is C17H25ClN2O3. The van der Waals surface area contributed by atoms with Crippen LogP contribution in [0.1, 0.15) is 38.2 Å². The summed E-state index contributed by atoms with van der Waals surface area (Å²) in [6, 6.07) is 9.04. The van der Waals surface area contributed by atoms with Crippen molar-refractivity contribution in [3.05, 3.63) is 35.9 Å². The Balaban J connectivity index is 0.00000264. The standard InChI is InChI=1S/C17H24N2O3.ClH/c1-2-7-14(17(21)22)18-16(20)15-10-6-11-19(15)12-13-8-4-3-5-9-13;/h3-5,8-9,14-15H,2,6-7,10-12H2,1H3,(H,18,20)(H,21,22);1H. The van der Waals surface area contributed by atoms with Crippen molar-refractivity contribution in [2.45, 2.75) is 51.2 Å². The highest BCUT2D eigenvalue weighted by Crippen LogP contribution is 2.20. The molecule has 0 radical (unpaired) electrons. The highest BCUT2D eigenvalue weighted by molar-refractivity contribution is 5.87. The fraction of sp³-hybridized carbons (Fsp3) is 0.529. The van der Waals surface area contributed by atoms with Gasteiger partial charge in [0, 0.05) is 6.54 Å². The van der Waals surface area contributed by atoms with Crippen molar-refractivity contribution in [3.8, 4) is 0 Å². The van der Waals surface area contributed by atoms with E-state index in [2.05, 4.69) is 10.2 Å². The minimum atomic E-state index is -0.956. The molecule has 0 aromatic heterocycles. The van der Waals surface area contributed by atoms with Gasteiger partial charge < -0.3 is 10.4 Å². The lowest BCUT2D eigenvalue weighted by atomic mass is 10.1. The molecule has 1 aromatic carbocycles. The Kier molecular flexibility index (Phi) is 8.06. The Hall–Kier alpha value is -1.59. The molecule has 128 valence electrons. The molecule has 1 aromatic rings. The van der Waals surface area contributed by atoms with Crippen LogP contribution in [0.2, 0.25) is 0 Å². The molecule has 0 aliphatic carbocycles. The zero-order chi connectivity index (χ0) is 15.9. The van der Waals surface area contributed by atoms with Crippen LogP contribution in [0.25, 0.3) is 0 Å². The number of hydrogen-bond acceptors (Lipinski definition) is 3. The van der Waals surface area contributed by atoms with Gasteiger partial charge in [-0.1, -0.05) is 43.7 Å². The van der Waals surface area contributed by atoms with E-state index in [9.17, 15) is 9.59 Å². The van der Waals surface area contributed by atoms with E-state index < -0.39 is 12.0 Å². The number of nitrogens with one attached hydrogen (secondary N) is 1. The zero-order valence-electron chi connectivity index (χ0n) is 13.4.